The predicted octanol–water partition coefficient (Wildman–Crippen LogP) is 0.223. The molecule has 0 fully saturated rings. The van der Waals surface area contributed by atoms with Crippen molar-refractivity contribution in [2.75, 3.05) is 37.2 Å². The molecule has 0 aliphatic heterocycles. The Kier molecular flexibility index (Phi) is 10.4. The number of guanidine groups is 2. The second-order valence-corrected chi connectivity index (χ2v) is 6.13. The average Bonchev–Trinajstić information content (AvgIpc) is 2.64. The van der Waals surface area contributed by atoms with Gasteiger partial charge in [0.1, 0.15) is 12.4 Å². The molecule has 0 saturated carbocycles. The van der Waals surface area contributed by atoms with Gasteiger partial charge in [-0.15, -0.1) is 4.99 Å². The number of anilines is 1. The van der Waals surface area contributed by atoms with Crippen molar-refractivity contribution in [3.63, 3.8) is 0 Å². The number of nitrogens with one attached hydrogen (secondary N) is 3. The Morgan fingerprint density at radius 3 is 2.75 bits per heavy atom. The zero-order valence-corrected chi connectivity index (χ0v) is 15.6. The number of nitrogens with two attached hydrogens (primary N) is 2. The van der Waals surface area contributed by atoms with Crippen LogP contribution in [0.4, 0.5) is 19.0 Å². The lowest BCUT2D eigenvalue weighted by atomic mass is 10.5. The molecule has 0 spiro atoms. The molecule has 0 aromatic carbocycles. The SMILES string of the molecule is N#C/N=C(/NCCN)NCCCSc1nccc(N/C(N)=N\CC(F)(F)F)n1. The number of hydrogen-bond donors (Lipinski definition) is 5. The first-order valence-electron chi connectivity index (χ1n) is 8.08. The van der Waals surface area contributed by atoms with Crippen LogP contribution in [0.25, 0.3) is 0 Å². The second-order valence-electron chi connectivity index (χ2n) is 5.07. The van der Waals surface area contributed by atoms with Crippen LogP contribution in [0.3, 0.4) is 0 Å². The molecule has 0 unspecified atom stereocenters. The van der Waals surface area contributed by atoms with Crippen molar-refractivity contribution in [2.45, 2.75) is 17.8 Å². The lowest BCUT2D eigenvalue weighted by Gasteiger charge is -2.10. The number of hydrogen-bond acceptors (Lipinski definition) is 7. The summed E-state index contributed by atoms with van der Waals surface area (Å²) in [6.45, 7) is 0.0866. The lowest BCUT2D eigenvalue weighted by molar-refractivity contribution is -0.118. The van der Waals surface area contributed by atoms with Gasteiger partial charge < -0.3 is 27.4 Å². The van der Waals surface area contributed by atoms with Crippen LogP contribution >= 0.6 is 11.8 Å². The molecular formula is C14H21F3N10S. The van der Waals surface area contributed by atoms with Crippen LogP contribution in [0, 0.1) is 11.5 Å². The average molecular weight is 418 g/mol. The van der Waals surface area contributed by atoms with E-state index in [0.29, 0.717) is 36.5 Å². The van der Waals surface area contributed by atoms with Gasteiger partial charge in [0.2, 0.25) is 12.2 Å². The lowest BCUT2D eigenvalue weighted by Crippen LogP contribution is -2.40. The largest absolute Gasteiger partial charge is 0.408 e. The zero-order chi connectivity index (χ0) is 20.8. The van der Waals surface area contributed by atoms with E-state index in [1.54, 1.807) is 6.19 Å². The van der Waals surface area contributed by atoms with Crippen molar-refractivity contribution < 1.29 is 13.2 Å². The molecule has 0 atom stereocenters. The Bertz CT molecular complexity index is 701. The Morgan fingerprint density at radius 1 is 1.32 bits per heavy atom. The van der Waals surface area contributed by atoms with E-state index in [2.05, 4.69) is 35.9 Å². The Labute approximate surface area is 164 Å². The van der Waals surface area contributed by atoms with Gasteiger partial charge in [-0.3, -0.25) is 0 Å². The van der Waals surface area contributed by atoms with Crippen LogP contribution in [0.2, 0.25) is 0 Å². The van der Waals surface area contributed by atoms with Gasteiger partial charge in [-0.1, -0.05) is 11.8 Å². The van der Waals surface area contributed by atoms with Gasteiger partial charge in [-0.25, -0.2) is 15.0 Å². The van der Waals surface area contributed by atoms with Crippen LogP contribution in [0.1, 0.15) is 6.42 Å². The Morgan fingerprint density at radius 2 is 2.07 bits per heavy atom. The minimum absolute atomic E-state index is 0.244. The molecule has 1 rings (SSSR count). The molecule has 0 amide bonds. The maximum absolute atomic E-state index is 12.1. The van der Waals surface area contributed by atoms with Gasteiger partial charge in [0, 0.05) is 31.6 Å². The van der Waals surface area contributed by atoms with Crippen molar-refractivity contribution in [3.8, 4) is 6.19 Å². The highest BCUT2D eigenvalue weighted by atomic mass is 32.2. The highest BCUT2D eigenvalue weighted by Gasteiger charge is 2.26. The molecule has 14 heteroatoms. The molecule has 0 aliphatic carbocycles. The van der Waals surface area contributed by atoms with Gasteiger partial charge in [0.15, 0.2) is 11.1 Å². The second kappa shape index (κ2) is 12.6. The van der Waals surface area contributed by atoms with Gasteiger partial charge in [0.25, 0.3) is 0 Å². The van der Waals surface area contributed by atoms with Crippen LogP contribution < -0.4 is 27.4 Å². The van der Waals surface area contributed by atoms with E-state index in [0.717, 1.165) is 6.42 Å². The molecule has 0 bridgehead atoms. The molecule has 0 radical (unpaired) electrons. The number of halogens is 3. The van der Waals surface area contributed by atoms with Crippen molar-refractivity contribution in [3.05, 3.63) is 12.3 Å². The number of nitriles is 1. The molecule has 1 heterocycles. The fourth-order valence-corrected chi connectivity index (χ4v) is 2.42. The number of alkyl halides is 3. The summed E-state index contributed by atoms with van der Waals surface area (Å²) in [7, 11) is 0. The van der Waals surface area contributed by atoms with Gasteiger partial charge >= 0.3 is 6.18 Å². The molecule has 7 N–H and O–H groups in total. The number of aromatic nitrogens is 2. The molecular weight excluding hydrogens is 397 g/mol. The third kappa shape index (κ3) is 11.0. The van der Waals surface area contributed by atoms with E-state index in [9.17, 15) is 13.2 Å². The summed E-state index contributed by atoms with van der Waals surface area (Å²) in [5.41, 5.74) is 10.8. The monoisotopic (exact) mass is 418 g/mol. The number of nitrogens with zero attached hydrogens (tertiary/aromatic N) is 5. The first-order chi connectivity index (χ1) is 13.3. The highest BCUT2D eigenvalue weighted by Crippen LogP contribution is 2.16. The van der Waals surface area contributed by atoms with Crippen molar-refractivity contribution in [2.24, 2.45) is 21.5 Å². The highest BCUT2D eigenvalue weighted by molar-refractivity contribution is 7.99. The van der Waals surface area contributed by atoms with Crippen molar-refractivity contribution in [1.29, 1.82) is 5.26 Å². The smallest absolute Gasteiger partial charge is 0.370 e. The van der Waals surface area contributed by atoms with E-state index < -0.39 is 12.7 Å². The predicted molar refractivity (Wildman–Crippen MR) is 102 cm³/mol. The molecule has 1 aromatic heterocycles. The normalized spacial score (nSPS) is 12.4. The van der Waals surface area contributed by atoms with Crippen LogP contribution in [-0.2, 0) is 0 Å². The summed E-state index contributed by atoms with van der Waals surface area (Å²) in [6.07, 6.45) is -0.558. The molecule has 10 nitrogen and oxygen atoms in total. The van der Waals surface area contributed by atoms with Gasteiger partial charge in [-0.05, 0) is 12.5 Å². The minimum Gasteiger partial charge on any atom is -0.370 e. The van der Waals surface area contributed by atoms with Crippen LogP contribution in [0.15, 0.2) is 27.4 Å². The van der Waals surface area contributed by atoms with Crippen LogP contribution in [0.5, 0.6) is 0 Å². The number of aliphatic imine (C=N–C) groups is 2. The standard InChI is InChI=1S/C14H21F3N10S/c15-14(16,17)8-24-11(20)26-10-2-5-23-13(27-10)28-7-1-4-21-12(25-9-19)22-6-3-18/h2,5H,1,3-4,6-8,18H2,(H2,21,22,25)(H3,20,23,24,26,27). The minimum atomic E-state index is -4.43. The quantitative estimate of drug-likeness (QED) is 0.0943. The summed E-state index contributed by atoms with van der Waals surface area (Å²) in [5, 5.41) is 17.4. The fraction of sp³-hybridized carbons (Fsp3) is 0.500. The first kappa shape index (κ1) is 23.2. The molecule has 0 saturated heterocycles. The van der Waals surface area contributed by atoms with E-state index in [-0.39, 0.29) is 11.8 Å². The maximum atomic E-state index is 12.1. The Balaban J connectivity index is 2.41. The topological polar surface area (TPSA) is 162 Å². The summed E-state index contributed by atoms with van der Waals surface area (Å²) >= 11 is 1.35. The Hall–Kier alpha value is -2.79. The third-order valence-electron chi connectivity index (χ3n) is 2.76. The summed E-state index contributed by atoms with van der Waals surface area (Å²) in [5.74, 6) is 0.873. The van der Waals surface area contributed by atoms with Crippen molar-refractivity contribution in [1.82, 2.24) is 20.6 Å². The number of rotatable bonds is 9. The summed E-state index contributed by atoms with van der Waals surface area (Å²) < 4.78 is 36.4. The molecule has 1 aromatic rings. The van der Waals surface area contributed by atoms with Gasteiger partial charge in [-0.2, -0.15) is 18.4 Å². The van der Waals surface area contributed by atoms with Crippen LogP contribution in [-0.4, -0.2) is 60.0 Å². The summed E-state index contributed by atoms with van der Waals surface area (Å²) in [4.78, 5) is 15.0. The molecule has 28 heavy (non-hydrogen) atoms. The van der Waals surface area contributed by atoms with E-state index in [4.69, 9.17) is 16.7 Å². The van der Waals surface area contributed by atoms with Gasteiger partial charge in [0.05, 0.1) is 0 Å². The van der Waals surface area contributed by atoms with E-state index in [1.807, 2.05) is 0 Å². The maximum Gasteiger partial charge on any atom is 0.408 e. The molecule has 0 aliphatic rings. The summed E-state index contributed by atoms with van der Waals surface area (Å²) in [6, 6.07) is 1.47. The van der Waals surface area contributed by atoms with E-state index >= 15 is 0 Å². The van der Waals surface area contributed by atoms with Crippen molar-refractivity contribution >= 4 is 29.5 Å². The molecule has 154 valence electrons. The third-order valence-corrected chi connectivity index (χ3v) is 3.71. The zero-order valence-electron chi connectivity index (χ0n) is 14.8. The number of thioether (sulfide) groups is 1. The van der Waals surface area contributed by atoms with E-state index in [1.165, 1.54) is 24.0 Å². The first-order valence-corrected chi connectivity index (χ1v) is 9.06. The fourth-order valence-electron chi connectivity index (χ4n) is 1.65.